The second-order valence-electron chi connectivity index (χ2n) is 8.16. The maximum absolute atomic E-state index is 12.6. The lowest BCUT2D eigenvalue weighted by Crippen LogP contribution is -2.54. The quantitative estimate of drug-likeness (QED) is 0.730. The summed E-state index contributed by atoms with van der Waals surface area (Å²) < 4.78 is 26.6. The van der Waals surface area contributed by atoms with Crippen LogP contribution in [0.3, 0.4) is 0 Å². The molecule has 162 valence electrons. The Morgan fingerprint density at radius 2 is 1.83 bits per heavy atom. The van der Waals surface area contributed by atoms with Crippen LogP contribution >= 0.6 is 0 Å². The first kappa shape index (κ1) is 22.1. The standard InChI is InChI=1S/C21H34N4O3S/c1-29(27,28)25(16-15-23-12-6-3-7-13-23)20-11-8-14-24(18-20)21(26)22-17-19-9-4-2-5-10-19/h2,4-5,9-10,20H,3,6-8,11-18H2,1H3,(H,22,26). The zero-order valence-corrected chi connectivity index (χ0v) is 18.2. The molecule has 1 unspecified atom stereocenters. The molecule has 2 heterocycles. The van der Waals surface area contributed by atoms with E-state index >= 15 is 0 Å². The molecule has 1 atom stereocenters. The molecule has 0 radical (unpaired) electrons. The average Bonchev–Trinajstić information content (AvgIpc) is 2.73. The van der Waals surface area contributed by atoms with Crippen LogP contribution in [0.15, 0.2) is 30.3 Å². The topological polar surface area (TPSA) is 73.0 Å². The van der Waals surface area contributed by atoms with Gasteiger partial charge >= 0.3 is 6.03 Å². The highest BCUT2D eigenvalue weighted by atomic mass is 32.2. The monoisotopic (exact) mass is 422 g/mol. The minimum Gasteiger partial charge on any atom is -0.334 e. The fourth-order valence-electron chi connectivity index (χ4n) is 4.30. The zero-order valence-electron chi connectivity index (χ0n) is 17.4. The van der Waals surface area contributed by atoms with E-state index in [0.29, 0.717) is 26.2 Å². The van der Waals surface area contributed by atoms with Crippen LogP contribution in [0.4, 0.5) is 4.79 Å². The molecule has 0 aliphatic carbocycles. The van der Waals surface area contributed by atoms with E-state index in [1.54, 1.807) is 9.21 Å². The van der Waals surface area contributed by atoms with Gasteiger partial charge in [0.1, 0.15) is 0 Å². The second kappa shape index (κ2) is 10.4. The van der Waals surface area contributed by atoms with Crippen molar-refractivity contribution in [1.82, 2.24) is 19.4 Å². The minimum atomic E-state index is -3.32. The van der Waals surface area contributed by atoms with E-state index in [9.17, 15) is 13.2 Å². The predicted molar refractivity (Wildman–Crippen MR) is 115 cm³/mol. The molecule has 1 aromatic carbocycles. The van der Waals surface area contributed by atoms with Gasteiger partial charge in [-0.15, -0.1) is 0 Å². The van der Waals surface area contributed by atoms with Crippen molar-refractivity contribution in [1.29, 1.82) is 0 Å². The lowest BCUT2D eigenvalue weighted by atomic mass is 10.1. The van der Waals surface area contributed by atoms with Gasteiger partial charge in [-0.1, -0.05) is 36.8 Å². The van der Waals surface area contributed by atoms with E-state index in [1.165, 1.54) is 25.5 Å². The molecule has 7 nitrogen and oxygen atoms in total. The molecule has 0 spiro atoms. The summed E-state index contributed by atoms with van der Waals surface area (Å²) in [5, 5.41) is 2.96. The second-order valence-corrected chi connectivity index (χ2v) is 10.1. The average molecular weight is 423 g/mol. The number of urea groups is 1. The first-order chi connectivity index (χ1) is 13.9. The number of piperidine rings is 2. The van der Waals surface area contributed by atoms with Crippen LogP contribution in [0.1, 0.15) is 37.7 Å². The molecule has 2 fully saturated rings. The molecular formula is C21H34N4O3S. The number of hydrogen-bond acceptors (Lipinski definition) is 4. The molecule has 0 bridgehead atoms. The molecule has 8 heteroatoms. The van der Waals surface area contributed by atoms with Gasteiger partial charge in [0.15, 0.2) is 0 Å². The van der Waals surface area contributed by atoms with E-state index in [4.69, 9.17) is 0 Å². The van der Waals surface area contributed by atoms with Crippen LogP contribution in [0.2, 0.25) is 0 Å². The summed E-state index contributed by atoms with van der Waals surface area (Å²) in [4.78, 5) is 16.7. The van der Waals surface area contributed by atoms with Crippen molar-refractivity contribution in [2.45, 2.75) is 44.7 Å². The normalized spacial score (nSPS) is 21.3. The van der Waals surface area contributed by atoms with Crippen molar-refractivity contribution in [2.75, 3.05) is 45.5 Å². The van der Waals surface area contributed by atoms with Gasteiger partial charge in [0.05, 0.1) is 6.26 Å². The predicted octanol–water partition coefficient (Wildman–Crippen LogP) is 2.11. The number of nitrogens with one attached hydrogen (secondary N) is 1. The number of sulfonamides is 1. The maximum Gasteiger partial charge on any atom is 0.317 e. The number of hydrogen-bond donors (Lipinski definition) is 1. The fraction of sp³-hybridized carbons (Fsp3) is 0.667. The van der Waals surface area contributed by atoms with Gasteiger partial charge in [-0.25, -0.2) is 13.2 Å². The van der Waals surface area contributed by atoms with Gasteiger partial charge in [0, 0.05) is 38.8 Å². The molecule has 2 aliphatic heterocycles. The van der Waals surface area contributed by atoms with Crippen LogP contribution in [0.25, 0.3) is 0 Å². The highest BCUT2D eigenvalue weighted by Gasteiger charge is 2.32. The molecule has 0 saturated carbocycles. The number of benzene rings is 1. The van der Waals surface area contributed by atoms with Crippen molar-refractivity contribution in [3.05, 3.63) is 35.9 Å². The molecular weight excluding hydrogens is 388 g/mol. The Morgan fingerprint density at radius 3 is 2.52 bits per heavy atom. The number of rotatable bonds is 7. The summed E-state index contributed by atoms with van der Waals surface area (Å²) in [5.74, 6) is 0. The Kier molecular flexibility index (Phi) is 7.91. The van der Waals surface area contributed by atoms with Gasteiger partial charge in [-0.05, 0) is 44.3 Å². The molecule has 1 N–H and O–H groups in total. The Balaban J connectivity index is 1.56. The first-order valence-electron chi connectivity index (χ1n) is 10.7. The molecule has 0 aromatic heterocycles. The lowest BCUT2D eigenvalue weighted by molar-refractivity contribution is 0.139. The minimum absolute atomic E-state index is 0.122. The summed E-state index contributed by atoms with van der Waals surface area (Å²) >= 11 is 0. The van der Waals surface area contributed by atoms with Crippen LogP contribution in [0.5, 0.6) is 0 Å². The molecule has 3 rings (SSSR count). The van der Waals surface area contributed by atoms with Gasteiger partial charge in [0.2, 0.25) is 10.0 Å². The Hall–Kier alpha value is -1.64. The summed E-state index contributed by atoms with van der Waals surface area (Å²) in [6.07, 6.45) is 6.56. The van der Waals surface area contributed by atoms with Gasteiger partial charge < -0.3 is 15.1 Å². The van der Waals surface area contributed by atoms with Crippen molar-refractivity contribution in [3.63, 3.8) is 0 Å². The van der Waals surface area contributed by atoms with Gasteiger partial charge in [-0.2, -0.15) is 4.31 Å². The van der Waals surface area contributed by atoms with E-state index < -0.39 is 10.0 Å². The van der Waals surface area contributed by atoms with E-state index in [2.05, 4.69) is 10.2 Å². The number of nitrogens with zero attached hydrogens (tertiary/aromatic N) is 3. The molecule has 2 saturated heterocycles. The largest absolute Gasteiger partial charge is 0.334 e. The fourth-order valence-corrected chi connectivity index (χ4v) is 5.43. The summed E-state index contributed by atoms with van der Waals surface area (Å²) in [5.41, 5.74) is 1.05. The SMILES string of the molecule is CS(=O)(=O)N(CCN1CCCCC1)C1CCCN(C(=O)NCc2ccccc2)C1. The van der Waals surface area contributed by atoms with Crippen molar-refractivity contribution in [2.24, 2.45) is 0 Å². The number of carbonyl (C=O) groups excluding carboxylic acids is 1. The maximum atomic E-state index is 12.6. The van der Waals surface area contributed by atoms with Crippen LogP contribution in [-0.4, -0.2) is 80.1 Å². The van der Waals surface area contributed by atoms with Crippen molar-refractivity contribution >= 4 is 16.1 Å². The summed E-state index contributed by atoms with van der Waals surface area (Å²) in [6.45, 7) is 4.97. The molecule has 2 aliphatic rings. The van der Waals surface area contributed by atoms with E-state index in [-0.39, 0.29) is 12.1 Å². The van der Waals surface area contributed by atoms with Crippen LogP contribution in [-0.2, 0) is 16.6 Å². The smallest absolute Gasteiger partial charge is 0.317 e. The van der Waals surface area contributed by atoms with E-state index in [0.717, 1.165) is 38.0 Å². The van der Waals surface area contributed by atoms with Gasteiger partial charge in [-0.3, -0.25) is 0 Å². The third-order valence-electron chi connectivity index (χ3n) is 5.89. The summed E-state index contributed by atoms with van der Waals surface area (Å²) in [6, 6.07) is 9.53. The first-order valence-corrected chi connectivity index (χ1v) is 12.5. The number of likely N-dealkylation sites (tertiary alicyclic amines) is 2. The van der Waals surface area contributed by atoms with Crippen LogP contribution in [0, 0.1) is 0 Å². The van der Waals surface area contributed by atoms with E-state index in [1.807, 2.05) is 30.3 Å². The number of carbonyl (C=O) groups is 1. The summed E-state index contributed by atoms with van der Waals surface area (Å²) in [7, 11) is -3.32. The highest BCUT2D eigenvalue weighted by molar-refractivity contribution is 7.88. The van der Waals surface area contributed by atoms with Crippen molar-refractivity contribution < 1.29 is 13.2 Å². The molecule has 29 heavy (non-hydrogen) atoms. The molecule has 1 aromatic rings. The van der Waals surface area contributed by atoms with Crippen LogP contribution < -0.4 is 5.32 Å². The highest BCUT2D eigenvalue weighted by Crippen LogP contribution is 2.19. The third kappa shape index (κ3) is 6.69. The Labute approximate surface area is 175 Å². The van der Waals surface area contributed by atoms with Gasteiger partial charge in [0.25, 0.3) is 0 Å². The Morgan fingerprint density at radius 1 is 1.10 bits per heavy atom. The lowest BCUT2D eigenvalue weighted by Gasteiger charge is -2.39. The Bertz CT molecular complexity index is 750. The third-order valence-corrected chi connectivity index (χ3v) is 7.22. The zero-order chi connectivity index (χ0) is 20.7. The molecule has 2 amide bonds. The van der Waals surface area contributed by atoms with Crippen molar-refractivity contribution in [3.8, 4) is 0 Å². The number of amides is 2.